The van der Waals surface area contributed by atoms with Crippen LogP contribution in [0.5, 0.6) is 0 Å². The molecular weight excluding hydrogens is 192 g/mol. The average Bonchev–Trinajstić information content (AvgIpc) is 2.16. The summed E-state index contributed by atoms with van der Waals surface area (Å²) in [4.78, 5) is 20.1. The van der Waals surface area contributed by atoms with Crippen molar-refractivity contribution in [2.45, 2.75) is 0 Å². The van der Waals surface area contributed by atoms with Crippen LogP contribution >= 0.6 is 0 Å². The van der Waals surface area contributed by atoms with Gasteiger partial charge in [-0.25, -0.2) is 4.79 Å². The van der Waals surface area contributed by atoms with Gasteiger partial charge >= 0.3 is 5.97 Å². The summed E-state index contributed by atoms with van der Waals surface area (Å²) in [5, 5.41) is 27.5. The van der Waals surface area contributed by atoms with Gasteiger partial charge < -0.3 is 5.11 Å². The molecule has 7 heteroatoms. The second-order valence-electron chi connectivity index (χ2n) is 2.41. The molecule has 0 unspecified atom stereocenters. The van der Waals surface area contributed by atoms with E-state index in [-0.39, 0.29) is 5.69 Å². The van der Waals surface area contributed by atoms with Gasteiger partial charge in [0.1, 0.15) is 5.56 Å². The van der Waals surface area contributed by atoms with Gasteiger partial charge in [0, 0.05) is 6.07 Å². The molecule has 0 aliphatic carbocycles. The average molecular weight is 198 g/mol. The summed E-state index contributed by atoms with van der Waals surface area (Å²) in [5.41, 5.74) is 0.753. The number of nitrogens with one attached hydrogen (secondary N) is 1. The van der Waals surface area contributed by atoms with Crippen molar-refractivity contribution in [3.05, 3.63) is 33.9 Å². The molecule has 0 fully saturated rings. The maximum Gasteiger partial charge on any atom is 0.342 e. The quantitative estimate of drug-likeness (QED) is 0.495. The predicted molar refractivity (Wildman–Crippen MR) is 45.5 cm³/mol. The first-order valence-electron chi connectivity index (χ1n) is 3.48. The van der Waals surface area contributed by atoms with Gasteiger partial charge in [-0.15, -0.1) is 0 Å². The molecule has 7 nitrogen and oxygen atoms in total. The Balaban J connectivity index is 3.31. The van der Waals surface area contributed by atoms with Gasteiger partial charge in [0.2, 0.25) is 0 Å². The second kappa shape index (κ2) is 3.71. The van der Waals surface area contributed by atoms with Crippen LogP contribution in [0.15, 0.2) is 18.2 Å². The van der Waals surface area contributed by atoms with Gasteiger partial charge in [0.05, 0.1) is 10.6 Å². The fourth-order valence-electron chi connectivity index (χ4n) is 0.933. The standard InChI is InChI=1S/C7H6N2O5/c10-7(11)5-2-1-4(8-12)3-6(5)9(13)14/h1-3,8,12H,(H,10,11). The molecule has 0 saturated carbocycles. The summed E-state index contributed by atoms with van der Waals surface area (Å²) in [5.74, 6) is -1.39. The highest BCUT2D eigenvalue weighted by Gasteiger charge is 2.19. The van der Waals surface area contributed by atoms with Gasteiger partial charge in [-0.05, 0) is 12.1 Å². The summed E-state index contributed by atoms with van der Waals surface area (Å²) in [6, 6.07) is 3.19. The summed E-state index contributed by atoms with van der Waals surface area (Å²) in [6.45, 7) is 0. The smallest absolute Gasteiger partial charge is 0.342 e. The Morgan fingerprint density at radius 3 is 2.57 bits per heavy atom. The lowest BCUT2D eigenvalue weighted by Crippen LogP contribution is -2.03. The number of nitro benzene ring substituents is 1. The Morgan fingerprint density at radius 1 is 1.50 bits per heavy atom. The molecule has 1 aromatic rings. The van der Waals surface area contributed by atoms with Gasteiger partial charge in [-0.1, -0.05) is 0 Å². The van der Waals surface area contributed by atoms with E-state index in [2.05, 4.69) is 0 Å². The highest BCUT2D eigenvalue weighted by molar-refractivity contribution is 5.93. The first kappa shape index (κ1) is 9.93. The molecule has 3 N–H and O–H groups in total. The molecule has 0 atom stereocenters. The minimum absolute atomic E-state index is 0.0571. The molecular formula is C7H6N2O5. The molecule has 0 bridgehead atoms. The first-order chi connectivity index (χ1) is 6.56. The third kappa shape index (κ3) is 1.77. The van der Waals surface area contributed by atoms with Crippen LogP contribution in [0.4, 0.5) is 11.4 Å². The number of hydrogen-bond acceptors (Lipinski definition) is 5. The highest BCUT2D eigenvalue weighted by atomic mass is 16.6. The van der Waals surface area contributed by atoms with E-state index in [4.69, 9.17) is 10.3 Å². The van der Waals surface area contributed by atoms with Crippen molar-refractivity contribution in [1.82, 2.24) is 0 Å². The number of benzene rings is 1. The Hall–Kier alpha value is -2.15. The molecule has 0 saturated heterocycles. The number of carboxylic acid groups (broad SMARTS) is 1. The van der Waals surface area contributed by atoms with Crippen molar-refractivity contribution in [3.63, 3.8) is 0 Å². The second-order valence-corrected chi connectivity index (χ2v) is 2.41. The van der Waals surface area contributed by atoms with Gasteiger partial charge in [0.15, 0.2) is 0 Å². The zero-order chi connectivity index (χ0) is 10.7. The van der Waals surface area contributed by atoms with E-state index in [1.54, 1.807) is 5.48 Å². The van der Waals surface area contributed by atoms with Crippen molar-refractivity contribution in [3.8, 4) is 0 Å². The van der Waals surface area contributed by atoms with Crippen molar-refractivity contribution >= 4 is 17.3 Å². The van der Waals surface area contributed by atoms with Crippen LogP contribution in [-0.2, 0) is 0 Å². The number of nitro groups is 1. The van der Waals surface area contributed by atoms with Crippen molar-refractivity contribution in [2.75, 3.05) is 5.48 Å². The van der Waals surface area contributed by atoms with E-state index >= 15 is 0 Å². The van der Waals surface area contributed by atoms with Crippen LogP contribution in [0, 0.1) is 10.1 Å². The minimum atomic E-state index is -1.39. The molecule has 0 heterocycles. The van der Waals surface area contributed by atoms with Crippen LogP contribution in [0.25, 0.3) is 0 Å². The van der Waals surface area contributed by atoms with Crippen molar-refractivity contribution < 1.29 is 20.0 Å². The molecule has 0 spiro atoms. The summed E-state index contributed by atoms with van der Waals surface area (Å²) < 4.78 is 0. The lowest BCUT2D eigenvalue weighted by molar-refractivity contribution is -0.385. The van der Waals surface area contributed by atoms with Gasteiger partial charge in [0.25, 0.3) is 5.69 Å². The summed E-state index contributed by atoms with van der Waals surface area (Å²) in [7, 11) is 0. The van der Waals surface area contributed by atoms with Gasteiger partial charge in [-0.2, -0.15) is 0 Å². The number of carbonyl (C=O) groups is 1. The first-order valence-corrected chi connectivity index (χ1v) is 3.48. The Bertz CT molecular complexity index is 390. The Kier molecular flexibility index (Phi) is 2.63. The molecule has 74 valence electrons. The minimum Gasteiger partial charge on any atom is -0.477 e. The third-order valence-corrected chi connectivity index (χ3v) is 1.55. The molecule has 0 aliphatic rings. The van der Waals surface area contributed by atoms with Crippen LogP contribution in [0.1, 0.15) is 10.4 Å². The van der Waals surface area contributed by atoms with E-state index in [1.165, 1.54) is 6.07 Å². The van der Waals surface area contributed by atoms with E-state index in [1.807, 2.05) is 0 Å². The predicted octanol–water partition coefficient (Wildman–Crippen LogP) is 1.09. The van der Waals surface area contributed by atoms with Crippen molar-refractivity contribution in [2.24, 2.45) is 0 Å². The third-order valence-electron chi connectivity index (χ3n) is 1.55. The maximum absolute atomic E-state index is 10.5. The highest BCUT2D eigenvalue weighted by Crippen LogP contribution is 2.22. The molecule has 0 aliphatic heterocycles. The number of carboxylic acids is 1. The van der Waals surface area contributed by atoms with E-state index < -0.39 is 22.1 Å². The Labute approximate surface area is 77.7 Å². The summed E-state index contributed by atoms with van der Waals surface area (Å²) >= 11 is 0. The fourth-order valence-corrected chi connectivity index (χ4v) is 0.933. The molecule has 1 rings (SSSR count). The topological polar surface area (TPSA) is 113 Å². The number of anilines is 1. The zero-order valence-corrected chi connectivity index (χ0v) is 6.80. The molecule has 0 amide bonds. The maximum atomic E-state index is 10.5. The van der Waals surface area contributed by atoms with Crippen LogP contribution < -0.4 is 5.48 Å². The summed E-state index contributed by atoms with van der Waals surface area (Å²) in [6.07, 6.45) is 0. The van der Waals surface area contributed by atoms with E-state index in [0.717, 1.165) is 12.1 Å². The molecule has 0 aromatic heterocycles. The molecule has 1 aromatic carbocycles. The normalized spacial score (nSPS) is 9.50. The van der Waals surface area contributed by atoms with Crippen molar-refractivity contribution in [1.29, 1.82) is 0 Å². The number of rotatable bonds is 3. The zero-order valence-electron chi connectivity index (χ0n) is 6.80. The largest absolute Gasteiger partial charge is 0.477 e. The molecule has 0 radical (unpaired) electrons. The SMILES string of the molecule is O=C(O)c1ccc(NO)cc1[N+](=O)[O-]. The van der Waals surface area contributed by atoms with E-state index in [9.17, 15) is 14.9 Å². The monoisotopic (exact) mass is 198 g/mol. The number of aromatic carboxylic acids is 1. The fraction of sp³-hybridized carbons (Fsp3) is 0. The Morgan fingerprint density at radius 2 is 2.14 bits per heavy atom. The van der Waals surface area contributed by atoms with Crippen LogP contribution in [-0.4, -0.2) is 21.2 Å². The lowest BCUT2D eigenvalue weighted by atomic mass is 10.1. The lowest BCUT2D eigenvalue weighted by Gasteiger charge is -2.00. The number of nitrogens with zero attached hydrogens (tertiary/aromatic N) is 1. The molecule has 14 heavy (non-hydrogen) atoms. The number of hydrogen-bond donors (Lipinski definition) is 3. The van der Waals surface area contributed by atoms with Gasteiger partial charge in [-0.3, -0.25) is 20.8 Å². The van der Waals surface area contributed by atoms with Crippen LogP contribution in [0.3, 0.4) is 0 Å². The van der Waals surface area contributed by atoms with Crippen LogP contribution in [0.2, 0.25) is 0 Å². The van der Waals surface area contributed by atoms with E-state index in [0.29, 0.717) is 0 Å².